The van der Waals surface area contributed by atoms with E-state index in [9.17, 15) is 8.42 Å². The highest BCUT2D eigenvalue weighted by Gasteiger charge is 2.21. The number of pyridine rings is 1. The molecule has 1 fully saturated rings. The third kappa shape index (κ3) is 4.32. The smallest absolute Gasteiger partial charge is 0.208 e. The Morgan fingerprint density at radius 1 is 1.33 bits per heavy atom. The van der Waals surface area contributed by atoms with Crippen LogP contribution in [0.5, 0.6) is 0 Å². The Kier molecular flexibility index (Phi) is 5.18. The Morgan fingerprint density at radius 3 is 2.96 bits per heavy atom. The van der Waals surface area contributed by atoms with E-state index in [-0.39, 0.29) is 0 Å². The van der Waals surface area contributed by atoms with Crippen LogP contribution in [0, 0.1) is 12.8 Å². The maximum absolute atomic E-state index is 11.3. The predicted molar refractivity (Wildman–Crippen MR) is 97.3 cm³/mol. The van der Waals surface area contributed by atoms with E-state index >= 15 is 0 Å². The van der Waals surface area contributed by atoms with Gasteiger partial charge in [0.25, 0.3) is 0 Å². The lowest BCUT2D eigenvalue weighted by molar-refractivity contribution is 0.169. The van der Waals surface area contributed by atoms with Crippen molar-refractivity contribution in [1.29, 1.82) is 0 Å². The number of nitrogens with one attached hydrogen (secondary N) is 1. The molecule has 6 heteroatoms. The first kappa shape index (κ1) is 17.3. The van der Waals surface area contributed by atoms with E-state index in [1.807, 2.05) is 12.3 Å². The number of likely N-dealkylation sites (tertiary alicyclic amines) is 1. The zero-order valence-corrected chi connectivity index (χ0v) is 15.1. The second kappa shape index (κ2) is 7.17. The number of benzene rings is 1. The van der Waals surface area contributed by atoms with Gasteiger partial charge >= 0.3 is 0 Å². The fraction of sp³-hybridized carbons (Fsp3) is 0.500. The molecule has 0 bridgehead atoms. The zero-order chi connectivity index (χ0) is 17.2. The molecule has 1 unspecified atom stereocenters. The molecule has 0 aliphatic carbocycles. The Morgan fingerprint density at radius 2 is 2.17 bits per heavy atom. The summed E-state index contributed by atoms with van der Waals surface area (Å²) >= 11 is 0. The average molecular weight is 347 g/mol. The summed E-state index contributed by atoms with van der Waals surface area (Å²) in [6.07, 6.45) is 5.25. The molecule has 0 radical (unpaired) electrons. The van der Waals surface area contributed by atoms with E-state index in [1.165, 1.54) is 22.8 Å². The predicted octanol–water partition coefficient (Wildman–Crippen LogP) is 2.30. The van der Waals surface area contributed by atoms with Crippen LogP contribution in [0.4, 0.5) is 0 Å². The highest BCUT2D eigenvalue weighted by molar-refractivity contribution is 7.88. The molecule has 1 saturated heterocycles. The van der Waals surface area contributed by atoms with Gasteiger partial charge in [-0.1, -0.05) is 18.2 Å². The minimum absolute atomic E-state index is 0.378. The summed E-state index contributed by atoms with van der Waals surface area (Å²) in [6.45, 7) is 5.50. The molecule has 2 aromatic rings. The Hall–Kier alpha value is -1.50. The van der Waals surface area contributed by atoms with Crippen molar-refractivity contribution in [3.05, 3.63) is 41.6 Å². The van der Waals surface area contributed by atoms with Crippen molar-refractivity contribution in [2.24, 2.45) is 5.92 Å². The van der Waals surface area contributed by atoms with E-state index in [1.54, 1.807) is 0 Å². The fourth-order valence-electron chi connectivity index (χ4n) is 3.48. The summed E-state index contributed by atoms with van der Waals surface area (Å²) in [7, 11) is -3.11. The van der Waals surface area contributed by atoms with E-state index < -0.39 is 10.0 Å². The lowest BCUT2D eigenvalue weighted by Crippen LogP contribution is -2.40. The average Bonchev–Trinajstić information content (AvgIpc) is 2.56. The number of hydrogen-bond donors (Lipinski definition) is 1. The number of aromatic nitrogens is 1. The van der Waals surface area contributed by atoms with Gasteiger partial charge in [0.05, 0.1) is 11.8 Å². The summed E-state index contributed by atoms with van der Waals surface area (Å²) in [4.78, 5) is 6.94. The highest BCUT2D eigenvalue weighted by Crippen LogP contribution is 2.24. The minimum Gasteiger partial charge on any atom is -0.299 e. The van der Waals surface area contributed by atoms with Gasteiger partial charge in [-0.05, 0) is 49.4 Å². The molecule has 130 valence electrons. The summed E-state index contributed by atoms with van der Waals surface area (Å²) in [5, 5.41) is 1.22. The summed E-state index contributed by atoms with van der Waals surface area (Å²) in [5.41, 5.74) is 3.56. The number of rotatable bonds is 5. The lowest BCUT2D eigenvalue weighted by Gasteiger charge is -2.33. The van der Waals surface area contributed by atoms with Crippen molar-refractivity contribution >= 4 is 20.9 Å². The van der Waals surface area contributed by atoms with Gasteiger partial charge in [-0.25, -0.2) is 13.1 Å². The van der Waals surface area contributed by atoms with Crippen LogP contribution < -0.4 is 4.72 Å². The van der Waals surface area contributed by atoms with Crippen molar-refractivity contribution < 1.29 is 8.42 Å². The molecule has 1 aliphatic rings. The van der Waals surface area contributed by atoms with Crippen LogP contribution in [0.25, 0.3) is 10.9 Å². The number of sulfonamides is 1. The van der Waals surface area contributed by atoms with E-state index in [2.05, 4.69) is 39.7 Å². The van der Waals surface area contributed by atoms with Gasteiger partial charge in [0.15, 0.2) is 0 Å². The molecule has 0 saturated carbocycles. The number of hydrogen-bond acceptors (Lipinski definition) is 4. The van der Waals surface area contributed by atoms with Crippen LogP contribution in [0.3, 0.4) is 0 Å². The van der Waals surface area contributed by atoms with Crippen LogP contribution >= 0.6 is 0 Å². The molecule has 3 rings (SSSR count). The standard InChI is InChI=1S/C18H25N3O2S/c1-14-7-8-16(17-6-3-9-19-18(14)17)13-21-10-4-5-15(12-21)11-20-24(2,22)23/h3,6-9,15,20H,4-5,10-13H2,1-2H3. The molecular formula is C18H25N3O2S. The van der Waals surface area contributed by atoms with E-state index in [4.69, 9.17) is 0 Å². The van der Waals surface area contributed by atoms with Crippen LogP contribution in [-0.2, 0) is 16.6 Å². The summed E-state index contributed by atoms with van der Waals surface area (Å²) in [6, 6.07) is 8.45. The molecule has 1 aliphatic heterocycles. The molecule has 1 aromatic carbocycles. The molecular weight excluding hydrogens is 322 g/mol. The Bertz CT molecular complexity index is 820. The van der Waals surface area contributed by atoms with Gasteiger partial charge in [0.2, 0.25) is 10.0 Å². The maximum Gasteiger partial charge on any atom is 0.208 e. The summed E-state index contributed by atoms with van der Waals surface area (Å²) < 4.78 is 25.2. The van der Waals surface area contributed by atoms with Crippen LogP contribution in [0.15, 0.2) is 30.5 Å². The number of piperidine rings is 1. The van der Waals surface area contributed by atoms with Crippen LogP contribution in [0.1, 0.15) is 24.0 Å². The van der Waals surface area contributed by atoms with Crippen LogP contribution in [0.2, 0.25) is 0 Å². The monoisotopic (exact) mass is 347 g/mol. The quantitative estimate of drug-likeness (QED) is 0.901. The summed E-state index contributed by atoms with van der Waals surface area (Å²) in [5.74, 6) is 0.378. The third-order valence-electron chi connectivity index (χ3n) is 4.69. The van der Waals surface area contributed by atoms with Gasteiger partial charge in [-0.2, -0.15) is 0 Å². The Labute approximate surface area is 144 Å². The van der Waals surface area contributed by atoms with Gasteiger partial charge in [-0.15, -0.1) is 0 Å². The van der Waals surface area contributed by atoms with E-state index in [0.29, 0.717) is 12.5 Å². The van der Waals surface area contributed by atoms with Crippen molar-refractivity contribution in [2.45, 2.75) is 26.3 Å². The van der Waals surface area contributed by atoms with Crippen molar-refractivity contribution in [3.63, 3.8) is 0 Å². The molecule has 0 amide bonds. The molecule has 2 heterocycles. The second-order valence-corrected chi connectivity index (χ2v) is 8.64. The topological polar surface area (TPSA) is 62.3 Å². The maximum atomic E-state index is 11.3. The SMILES string of the molecule is Cc1ccc(CN2CCCC(CNS(C)(=O)=O)C2)c2cccnc12. The minimum atomic E-state index is -3.11. The number of nitrogens with zero attached hydrogens (tertiary/aromatic N) is 2. The van der Waals surface area contributed by atoms with E-state index in [0.717, 1.165) is 38.0 Å². The van der Waals surface area contributed by atoms with Crippen molar-refractivity contribution in [1.82, 2.24) is 14.6 Å². The normalized spacial score (nSPS) is 19.7. The molecule has 1 aromatic heterocycles. The molecule has 0 spiro atoms. The Balaban J connectivity index is 1.71. The largest absolute Gasteiger partial charge is 0.299 e. The first-order valence-electron chi connectivity index (χ1n) is 8.42. The molecule has 5 nitrogen and oxygen atoms in total. The van der Waals surface area contributed by atoms with Crippen molar-refractivity contribution in [3.8, 4) is 0 Å². The van der Waals surface area contributed by atoms with Crippen LogP contribution in [-0.4, -0.2) is 44.2 Å². The van der Waals surface area contributed by atoms with Gasteiger partial charge in [0.1, 0.15) is 0 Å². The second-order valence-electron chi connectivity index (χ2n) is 6.81. The molecule has 1 N–H and O–H groups in total. The zero-order valence-electron chi connectivity index (χ0n) is 14.3. The third-order valence-corrected chi connectivity index (χ3v) is 5.38. The highest BCUT2D eigenvalue weighted by atomic mass is 32.2. The number of fused-ring (bicyclic) bond motifs is 1. The number of aryl methyl sites for hydroxylation is 1. The molecule has 24 heavy (non-hydrogen) atoms. The molecule has 1 atom stereocenters. The van der Waals surface area contributed by atoms with Gasteiger partial charge in [0, 0.05) is 31.2 Å². The van der Waals surface area contributed by atoms with Crippen molar-refractivity contribution in [2.75, 3.05) is 25.9 Å². The van der Waals surface area contributed by atoms with Gasteiger partial charge < -0.3 is 0 Å². The van der Waals surface area contributed by atoms with Gasteiger partial charge in [-0.3, -0.25) is 9.88 Å². The first-order chi connectivity index (χ1) is 11.4. The first-order valence-corrected chi connectivity index (χ1v) is 10.3. The lowest BCUT2D eigenvalue weighted by atomic mass is 9.97. The fourth-order valence-corrected chi connectivity index (χ4v) is 4.02.